The van der Waals surface area contributed by atoms with E-state index in [-0.39, 0.29) is 24.9 Å². The Morgan fingerprint density at radius 3 is 3.04 bits per heavy atom. The van der Waals surface area contributed by atoms with Crippen molar-refractivity contribution < 1.29 is 14.3 Å². The van der Waals surface area contributed by atoms with Gasteiger partial charge in [-0.1, -0.05) is 11.3 Å². The number of amides is 2. The zero-order valence-corrected chi connectivity index (χ0v) is 14.4. The molecular weight excluding hydrogens is 340 g/mol. The fourth-order valence-corrected chi connectivity index (χ4v) is 5.23. The summed E-state index contributed by atoms with van der Waals surface area (Å²) in [6.07, 6.45) is 3.60. The van der Waals surface area contributed by atoms with Crippen molar-refractivity contribution in [3.63, 3.8) is 0 Å². The molecule has 2 saturated heterocycles. The molecule has 1 unspecified atom stereocenters. The normalized spacial score (nSPS) is 28.5. The summed E-state index contributed by atoms with van der Waals surface area (Å²) in [4.78, 5) is 21.8. The molecule has 25 heavy (non-hydrogen) atoms. The molecule has 1 aliphatic carbocycles. The minimum absolute atomic E-state index is 0.0273. The van der Waals surface area contributed by atoms with Gasteiger partial charge in [-0.05, 0) is 31.4 Å². The number of hydrogen-bond donors (Lipinski definition) is 1. The molecule has 1 aromatic heterocycles. The fourth-order valence-electron chi connectivity index (χ4n) is 4.21. The van der Waals surface area contributed by atoms with Gasteiger partial charge in [0.05, 0.1) is 16.8 Å². The van der Waals surface area contributed by atoms with Crippen molar-refractivity contribution in [2.45, 2.75) is 37.4 Å². The first-order valence-corrected chi connectivity index (χ1v) is 9.62. The summed E-state index contributed by atoms with van der Waals surface area (Å²) in [6.45, 7) is 2.24. The lowest BCUT2D eigenvalue weighted by molar-refractivity contribution is 0.174. The molecule has 0 radical (unpaired) electrons. The number of carbonyl (C=O) groups excluding carboxylic acids is 1. The number of urea groups is 1. The number of piperidine rings is 1. The molecule has 2 atom stereocenters. The third-order valence-corrected chi connectivity index (χ3v) is 6.65. The Bertz CT molecular complexity index is 880. The minimum Gasteiger partial charge on any atom is -0.454 e. The number of thiazole rings is 1. The van der Waals surface area contributed by atoms with Crippen molar-refractivity contribution in [2.75, 3.05) is 24.8 Å². The highest BCUT2D eigenvalue weighted by Gasteiger charge is 2.47. The molecule has 3 fully saturated rings. The van der Waals surface area contributed by atoms with Crippen LogP contribution in [-0.2, 0) is 0 Å². The van der Waals surface area contributed by atoms with Crippen LogP contribution >= 0.6 is 11.3 Å². The van der Waals surface area contributed by atoms with E-state index in [1.54, 1.807) is 11.3 Å². The van der Waals surface area contributed by atoms with Gasteiger partial charge in [-0.3, -0.25) is 9.80 Å². The number of likely N-dealkylation sites (tertiary alicyclic amines) is 1. The molecule has 1 N–H and O–H groups in total. The van der Waals surface area contributed by atoms with Crippen molar-refractivity contribution in [1.82, 2.24) is 15.2 Å². The van der Waals surface area contributed by atoms with Gasteiger partial charge in [0.1, 0.15) is 5.52 Å². The molecule has 1 aromatic carbocycles. The highest BCUT2D eigenvalue weighted by molar-refractivity contribution is 7.22. The molecule has 0 spiro atoms. The van der Waals surface area contributed by atoms with Gasteiger partial charge in [0.2, 0.25) is 6.79 Å². The van der Waals surface area contributed by atoms with E-state index in [1.807, 2.05) is 17.0 Å². The summed E-state index contributed by atoms with van der Waals surface area (Å²) in [7, 11) is 0. The quantitative estimate of drug-likeness (QED) is 0.891. The van der Waals surface area contributed by atoms with Gasteiger partial charge in [0.25, 0.3) is 0 Å². The number of benzene rings is 1. The lowest BCUT2D eigenvalue weighted by Gasteiger charge is -2.36. The van der Waals surface area contributed by atoms with E-state index in [4.69, 9.17) is 14.5 Å². The lowest BCUT2D eigenvalue weighted by Crippen LogP contribution is -2.52. The number of aromatic nitrogens is 1. The molecule has 2 aromatic rings. The van der Waals surface area contributed by atoms with Crippen LogP contribution in [0.15, 0.2) is 12.1 Å². The molecule has 1 saturated carbocycles. The van der Waals surface area contributed by atoms with E-state index >= 15 is 0 Å². The number of anilines is 1. The van der Waals surface area contributed by atoms with Crippen molar-refractivity contribution in [3.8, 4) is 11.5 Å². The molecule has 7 nitrogen and oxygen atoms in total. The first-order valence-electron chi connectivity index (χ1n) is 8.81. The van der Waals surface area contributed by atoms with Gasteiger partial charge in [-0.25, -0.2) is 9.78 Å². The van der Waals surface area contributed by atoms with Gasteiger partial charge >= 0.3 is 6.03 Å². The molecular formula is C17H18N4O3S. The lowest BCUT2D eigenvalue weighted by atomic mass is 10.0. The first kappa shape index (κ1) is 14.1. The maximum atomic E-state index is 12.7. The van der Waals surface area contributed by atoms with Crippen LogP contribution in [0.4, 0.5) is 9.93 Å². The van der Waals surface area contributed by atoms with Crippen molar-refractivity contribution in [1.29, 1.82) is 0 Å². The largest absolute Gasteiger partial charge is 0.454 e. The van der Waals surface area contributed by atoms with E-state index in [9.17, 15) is 4.79 Å². The molecule has 4 heterocycles. The second kappa shape index (κ2) is 4.98. The summed E-state index contributed by atoms with van der Waals surface area (Å²) in [5.41, 5.74) is 0.793. The molecule has 3 aliphatic heterocycles. The number of rotatable bonds is 2. The van der Waals surface area contributed by atoms with Crippen molar-refractivity contribution in [3.05, 3.63) is 12.1 Å². The molecule has 8 heteroatoms. The zero-order chi connectivity index (χ0) is 16.5. The highest BCUT2D eigenvalue weighted by Crippen LogP contribution is 2.44. The molecule has 130 valence electrons. The number of carbonyl (C=O) groups is 1. The van der Waals surface area contributed by atoms with Gasteiger partial charge in [0, 0.05) is 19.1 Å². The summed E-state index contributed by atoms with van der Waals surface area (Å²) < 4.78 is 12.0. The Balaban J connectivity index is 1.39. The van der Waals surface area contributed by atoms with E-state index < -0.39 is 0 Å². The predicted octanol–water partition coefficient (Wildman–Crippen LogP) is 2.16. The van der Waals surface area contributed by atoms with Crippen molar-refractivity contribution in [2.24, 2.45) is 0 Å². The van der Waals surface area contributed by atoms with E-state index in [0.29, 0.717) is 5.75 Å². The Kier molecular flexibility index (Phi) is 2.82. The standard InChI is InChI=1S/C17H18N4O3S/c22-16-18-10-5-6-20(9-1-2-9)7-11(10)21(16)17-19-14-13(25-17)4-3-12-15(14)24-8-23-12/h3-4,9-11H,1-2,5-8H2,(H,18,22)/t10?,11-/m1/s1. The Morgan fingerprint density at radius 1 is 1.24 bits per heavy atom. The molecule has 0 bridgehead atoms. The number of nitrogens with one attached hydrogen (secondary N) is 1. The monoisotopic (exact) mass is 358 g/mol. The third-order valence-electron chi connectivity index (χ3n) is 5.63. The van der Waals surface area contributed by atoms with Crippen LogP contribution in [0, 0.1) is 0 Å². The second-order valence-electron chi connectivity index (χ2n) is 7.15. The Hall–Kier alpha value is -2.06. The number of hydrogen-bond acceptors (Lipinski definition) is 6. The SMILES string of the molecule is O=C1NC2CCN(C3CC3)C[C@H]2N1c1nc2c3c(ccc2s1)OCO3. The smallest absolute Gasteiger partial charge is 0.324 e. The van der Waals surface area contributed by atoms with E-state index in [1.165, 1.54) is 12.8 Å². The van der Waals surface area contributed by atoms with Crippen LogP contribution in [0.3, 0.4) is 0 Å². The highest BCUT2D eigenvalue weighted by atomic mass is 32.1. The van der Waals surface area contributed by atoms with E-state index in [0.717, 1.165) is 46.6 Å². The summed E-state index contributed by atoms with van der Waals surface area (Å²) in [6, 6.07) is 4.98. The molecule has 6 rings (SSSR count). The van der Waals surface area contributed by atoms with Crippen molar-refractivity contribution >= 4 is 32.7 Å². The van der Waals surface area contributed by atoms with Crippen LogP contribution in [0.25, 0.3) is 10.2 Å². The summed E-state index contributed by atoms with van der Waals surface area (Å²) in [5, 5.41) is 3.90. The van der Waals surface area contributed by atoms with E-state index in [2.05, 4.69) is 10.2 Å². The maximum absolute atomic E-state index is 12.7. The van der Waals surface area contributed by atoms with Crippen LogP contribution in [0.1, 0.15) is 19.3 Å². The molecule has 2 amide bonds. The van der Waals surface area contributed by atoms with Crippen LogP contribution < -0.4 is 19.7 Å². The van der Waals surface area contributed by atoms with Crippen LogP contribution in [0.5, 0.6) is 11.5 Å². The van der Waals surface area contributed by atoms with Crippen LogP contribution in [-0.4, -0.2) is 53.9 Å². The molecule has 4 aliphatic rings. The zero-order valence-electron chi connectivity index (χ0n) is 13.6. The number of nitrogens with zero attached hydrogens (tertiary/aromatic N) is 3. The van der Waals surface area contributed by atoms with Gasteiger partial charge in [0.15, 0.2) is 16.6 Å². The third kappa shape index (κ3) is 2.07. The average molecular weight is 358 g/mol. The fraction of sp³-hybridized carbons (Fsp3) is 0.529. The summed E-state index contributed by atoms with van der Waals surface area (Å²) >= 11 is 1.55. The number of fused-ring (bicyclic) bond motifs is 4. The van der Waals surface area contributed by atoms with Gasteiger partial charge in [-0.2, -0.15) is 0 Å². The Morgan fingerprint density at radius 2 is 2.16 bits per heavy atom. The summed E-state index contributed by atoms with van der Waals surface area (Å²) in [5.74, 6) is 1.42. The average Bonchev–Trinajstić information content (AvgIpc) is 3.05. The second-order valence-corrected chi connectivity index (χ2v) is 8.16. The maximum Gasteiger partial charge on any atom is 0.324 e. The Labute approximate surface area is 148 Å². The first-order chi connectivity index (χ1) is 12.3. The predicted molar refractivity (Wildman–Crippen MR) is 93.5 cm³/mol. The minimum atomic E-state index is -0.0273. The van der Waals surface area contributed by atoms with Gasteiger partial charge < -0.3 is 14.8 Å². The topological polar surface area (TPSA) is 66.9 Å². The van der Waals surface area contributed by atoms with Gasteiger partial charge in [-0.15, -0.1) is 0 Å². The number of ether oxygens (including phenoxy) is 2. The van der Waals surface area contributed by atoms with Crippen LogP contribution in [0.2, 0.25) is 0 Å².